The second kappa shape index (κ2) is 4.25. The Balaban J connectivity index is 2.15. The second-order valence-electron chi connectivity index (χ2n) is 3.15. The van der Waals surface area contributed by atoms with E-state index in [1.807, 2.05) is 30.3 Å². The smallest absolute Gasteiger partial charge is 0.346 e. The summed E-state index contributed by atoms with van der Waals surface area (Å²) in [4.78, 5) is 3.24. The predicted molar refractivity (Wildman–Crippen MR) is 56.4 cm³/mol. The van der Waals surface area contributed by atoms with E-state index in [9.17, 15) is 13.2 Å². The molecule has 0 saturated heterocycles. The largest absolute Gasteiger partial charge is 0.431 e. The van der Waals surface area contributed by atoms with Gasteiger partial charge in [0.05, 0.1) is 5.03 Å². The molecule has 0 aliphatic carbocycles. The monoisotopic (exact) mass is 243 g/mol. The topological polar surface area (TPSA) is 15.8 Å². The van der Waals surface area contributed by atoms with Gasteiger partial charge in [-0.05, 0) is 24.3 Å². The average Bonchev–Trinajstić information content (AvgIpc) is 2.67. The molecule has 0 fully saturated rings. The lowest BCUT2D eigenvalue weighted by Crippen LogP contribution is -2.04. The number of halogens is 3. The van der Waals surface area contributed by atoms with Gasteiger partial charge >= 0.3 is 6.18 Å². The summed E-state index contributed by atoms with van der Waals surface area (Å²) in [6, 6.07) is 11.7. The van der Waals surface area contributed by atoms with Crippen molar-refractivity contribution >= 4 is 11.8 Å². The van der Waals surface area contributed by atoms with E-state index in [4.69, 9.17) is 0 Å². The van der Waals surface area contributed by atoms with Crippen LogP contribution < -0.4 is 0 Å². The van der Waals surface area contributed by atoms with Crippen LogP contribution in [-0.4, -0.2) is 4.98 Å². The Morgan fingerprint density at radius 3 is 2.19 bits per heavy atom. The third-order valence-corrected chi connectivity index (χ3v) is 2.90. The Bertz CT molecular complexity index is 462. The maximum Gasteiger partial charge on any atom is 0.431 e. The van der Waals surface area contributed by atoms with Crippen LogP contribution in [0.2, 0.25) is 0 Å². The normalized spacial score (nSPS) is 11.7. The number of aromatic nitrogens is 1. The fourth-order valence-corrected chi connectivity index (χ4v) is 2.06. The van der Waals surface area contributed by atoms with Gasteiger partial charge in [0.15, 0.2) is 0 Å². The molecule has 0 aliphatic rings. The van der Waals surface area contributed by atoms with E-state index in [1.54, 1.807) is 0 Å². The molecular weight excluding hydrogens is 235 g/mol. The first kappa shape index (κ1) is 11.1. The van der Waals surface area contributed by atoms with Crippen molar-refractivity contribution in [1.82, 2.24) is 4.98 Å². The highest BCUT2D eigenvalue weighted by molar-refractivity contribution is 7.99. The summed E-state index contributed by atoms with van der Waals surface area (Å²) in [5, 5.41) is 0.485. The van der Waals surface area contributed by atoms with Crippen LogP contribution in [0.1, 0.15) is 5.69 Å². The van der Waals surface area contributed by atoms with Gasteiger partial charge < -0.3 is 4.98 Å². The molecule has 1 aromatic carbocycles. The molecule has 0 bridgehead atoms. The average molecular weight is 243 g/mol. The van der Waals surface area contributed by atoms with E-state index < -0.39 is 11.9 Å². The molecule has 1 N–H and O–H groups in total. The lowest BCUT2D eigenvalue weighted by molar-refractivity contribution is -0.141. The molecule has 1 heterocycles. The Hall–Kier alpha value is -1.36. The van der Waals surface area contributed by atoms with Gasteiger partial charge in [-0.3, -0.25) is 0 Å². The molecule has 0 aliphatic heterocycles. The molecule has 16 heavy (non-hydrogen) atoms. The van der Waals surface area contributed by atoms with E-state index >= 15 is 0 Å². The van der Waals surface area contributed by atoms with E-state index in [0.29, 0.717) is 5.03 Å². The predicted octanol–water partition coefficient (Wildman–Crippen LogP) is 4.18. The molecule has 0 spiro atoms. The van der Waals surface area contributed by atoms with Gasteiger partial charge in [-0.25, -0.2) is 0 Å². The molecule has 1 aromatic heterocycles. The highest BCUT2D eigenvalue weighted by Gasteiger charge is 2.32. The summed E-state index contributed by atoms with van der Waals surface area (Å²) in [6.07, 6.45) is -4.31. The van der Waals surface area contributed by atoms with Crippen LogP contribution in [-0.2, 0) is 6.18 Å². The van der Waals surface area contributed by atoms with Crippen molar-refractivity contribution in [2.75, 3.05) is 0 Å². The van der Waals surface area contributed by atoms with Gasteiger partial charge in [-0.1, -0.05) is 30.0 Å². The lowest BCUT2D eigenvalue weighted by atomic mass is 10.4. The molecule has 2 aromatic rings. The number of nitrogens with one attached hydrogen (secondary N) is 1. The van der Waals surface area contributed by atoms with Crippen LogP contribution >= 0.6 is 11.8 Å². The van der Waals surface area contributed by atoms with E-state index in [2.05, 4.69) is 4.98 Å². The number of H-pyrrole nitrogens is 1. The molecule has 0 atom stereocenters. The Morgan fingerprint density at radius 1 is 0.938 bits per heavy atom. The van der Waals surface area contributed by atoms with Crippen molar-refractivity contribution in [2.24, 2.45) is 0 Å². The van der Waals surface area contributed by atoms with Crippen LogP contribution in [0.25, 0.3) is 0 Å². The minimum atomic E-state index is -4.31. The van der Waals surface area contributed by atoms with E-state index in [-0.39, 0.29) is 0 Å². The molecule has 5 heteroatoms. The fourth-order valence-electron chi connectivity index (χ4n) is 1.22. The first-order chi connectivity index (χ1) is 7.55. The number of hydrogen-bond donors (Lipinski definition) is 1. The summed E-state index contributed by atoms with van der Waals surface area (Å²) in [7, 11) is 0. The number of alkyl halides is 3. The zero-order valence-corrected chi connectivity index (χ0v) is 8.90. The summed E-state index contributed by atoms with van der Waals surface area (Å²) in [5.41, 5.74) is -0.717. The standard InChI is InChI=1S/C11H8F3NS/c12-11(13,14)9-6-7-10(15-9)16-8-4-2-1-3-5-8/h1-7,15H. The molecule has 2 rings (SSSR count). The minimum Gasteiger partial charge on any atom is -0.346 e. The Labute approximate surface area is 94.7 Å². The van der Waals surface area contributed by atoms with Gasteiger partial charge in [0.25, 0.3) is 0 Å². The van der Waals surface area contributed by atoms with E-state index in [1.165, 1.54) is 17.8 Å². The van der Waals surface area contributed by atoms with Crippen molar-refractivity contribution in [1.29, 1.82) is 0 Å². The summed E-state index contributed by atoms with van der Waals surface area (Å²) in [6.45, 7) is 0. The SMILES string of the molecule is FC(F)(F)c1ccc(Sc2ccccc2)[nH]1. The van der Waals surface area contributed by atoms with Crippen molar-refractivity contribution < 1.29 is 13.2 Å². The molecule has 0 saturated carbocycles. The van der Waals surface area contributed by atoms with Gasteiger partial charge in [0.1, 0.15) is 5.69 Å². The molecule has 0 amide bonds. The first-order valence-electron chi connectivity index (χ1n) is 4.55. The third-order valence-electron chi connectivity index (χ3n) is 1.94. The molecule has 1 nitrogen and oxygen atoms in total. The van der Waals surface area contributed by atoms with Crippen LogP contribution in [0.3, 0.4) is 0 Å². The zero-order valence-electron chi connectivity index (χ0n) is 8.08. The van der Waals surface area contributed by atoms with Crippen molar-refractivity contribution in [2.45, 2.75) is 16.1 Å². The summed E-state index contributed by atoms with van der Waals surface area (Å²) >= 11 is 1.27. The van der Waals surface area contributed by atoms with E-state index in [0.717, 1.165) is 11.0 Å². The van der Waals surface area contributed by atoms with Crippen molar-refractivity contribution in [3.63, 3.8) is 0 Å². The summed E-state index contributed by atoms with van der Waals surface area (Å²) in [5.74, 6) is 0. The summed E-state index contributed by atoms with van der Waals surface area (Å²) < 4.78 is 36.9. The number of benzene rings is 1. The number of hydrogen-bond acceptors (Lipinski definition) is 1. The fraction of sp³-hybridized carbons (Fsp3) is 0.0909. The Kier molecular flexibility index (Phi) is 2.96. The molecular formula is C11H8F3NS. The quantitative estimate of drug-likeness (QED) is 0.836. The highest BCUT2D eigenvalue weighted by Crippen LogP contribution is 2.32. The second-order valence-corrected chi connectivity index (χ2v) is 4.26. The maximum atomic E-state index is 12.3. The van der Waals surface area contributed by atoms with Gasteiger partial charge in [-0.15, -0.1) is 0 Å². The lowest BCUT2D eigenvalue weighted by Gasteiger charge is -2.02. The van der Waals surface area contributed by atoms with Crippen LogP contribution in [0.4, 0.5) is 13.2 Å². The molecule has 84 valence electrons. The third kappa shape index (κ3) is 2.61. The highest BCUT2D eigenvalue weighted by atomic mass is 32.2. The van der Waals surface area contributed by atoms with Gasteiger partial charge in [0, 0.05) is 4.90 Å². The van der Waals surface area contributed by atoms with Gasteiger partial charge in [-0.2, -0.15) is 13.2 Å². The van der Waals surface area contributed by atoms with Crippen molar-refractivity contribution in [3.05, 3.63) is 48.2 Å². The Morgan fingerprint density at radius 2 is 1.62 bits per heavy atom. The number of rotatable bonds is 2. The zero-order chi connectivity index (χ0) is 11.6. The van der Waals surface area contributed by atoms with Gasteiger partial charge in [0.2, 0.25) is 0 Å². The minimum absolute atomic E-state index is 0.485. The number of aromatic amines is 1. The molecule has 0 radical (unpaired) electrons. The van der Waals surface area contributed by atoms with Crippen LogP contribution in [0.5, 0.6) is 0 Å². The maximum absolute atomic E-state index is 12.3. The van der Waals surface area contributed by atoms with Crippen LogP contribution in [0, 0.1) is 0 Å². The first-order valence-corrected chi connectivity index (χ1v) is 5.36. The van der Waals surface area contributed by atoms with Crippen LogP contribution in [0.15, 0.2) is 52.4 Å². The van der Waals surface area contributed by atoms with Crippen molar-refractivity contribution in [3.8, 4) is 0 Å². The molecule has 0 unspecified atom stereocenters.